The van der Waals surface area contributed by atoms with Crippen molar-refractivity contribution in [2.45, 2.75) is 42.6 Å². The summed E-state index contributed by atoms with van der Waals surface area (Å²) in [6.07, 6.45) is 7.88. The lowest BCUT2D eigenvalue weighted by atomic mass is 9.81. The van der Waals surface area contributed by atoms with E-state index in [0.29, 0.717) is 29.2 Å². The van der Waals surface area contributed by atoms with Gasteiger partial charge in [-0.1, -0.05) is 43.4 Å². The van der Waals surface area contributed by atoms with Gasteiger partial charge in [-0.25, -0.2) is 13.4 Å². The number of rotatable bonds is 5. The van der Waals surface area contributed by atoms with E-state index in [1.165, 1.54) is 18.9 Å². The number of aromatic amines is 1. The lowest BCUT2D eigenvalue weighted by Gasteiger charge is -2.31. The fourth-order valence-corrected chi connectivity index (χ4v) is 5.58. The van der Waals surface area contributed by atoms with Crippen molar-refractivity contribution in [1.82, 2.24) is 9.97 Å². The predicted octanol–water partition coefficient (Wildman–Crippen LogP) is 4.44. The number of fused-ring (bicyclic) bond motifs is 1. The minimum absolute atomic E-state index is 0.0689. The molecule has 1 atom stereocenters. The SMILES string of the molecule is CS(=O)(=O)c1ccc(C(O)(CC2CCCC2)c2cc3cccnc3[nH]2)cc1Cl. The highest BCUT2D eigenvalue weighted by molar-refractivity contribution is 7.90. The Bertz CT molecular complexity index is 1090. The fourth-order valence-electron chi connectivity index (χ4n) is 4.25. The van der Waals surface area contributed by atoms with E-state index in [0.717, 1.165) is 24.5 Å². The highest BCUT2D eigenvalue weighted by Crippen LogP contribution is 2.42. The van der Waals surface area contributed by atoms with Gasteiger partial charge >= 0.3 is 0 Å². The standard InChI is InChI=1S/C21H23ClN2O3S/c1-28(26,27)18-9-8-16(12-17(18)22)21(25,13-14-5-2-3-6-14)19-11-15-7-4-10-23-20(15)24-19/h4,7-12,14,25H,2-3,5-6,13H2,1H3,(H,23,24). The van der Waals surface area contributed by atoms with Crippen LogP contribution in [0.2, 0.25) is 5.02 Å². The first-order chi connectivity index (χ1) is 13.3. The number of H-pyrrole nitrogens is 1. The maximum absolute atomic E-state index is 11.9. The number of hydrogen-bond donors (Lipinski definition) is 2. The molecule has 3 aromatic rings. The molecular formula is C21H23ClN2O3S. The Morgan fingerprint density at radius 3 is 2.64 bits per heavy atom. The first kappa shape index (κ1) is 19.4. The molecule has 0 amide bonds. The van der Waals surface area contributed by atoms with E-state index in [9.17, 15) is 13.5 Å². The van der Waals surface area contributed by atoms with Gasteiger partial charge in [0.1, 0.15) is 11.2 Å². The van der Waals surface area contributed by atoms with Gasteiger partial charge in [0.25, 0.3) is 0 Å². The van der Waals surface area contributed by atoms with Gasteiger partial charge in [-0.2, -0.15) is 0 Å². The molecule has 0 spiro atoms. The molecule has 4 rings (SSSR count). The van der Waals surface area contributed by atoms with Crippen LogP contribution in [0.15, 0.2) is 47.5 Å². The van der Waals surface area contributed by atoms with E-state index >= 15 is 0 Å². The van der Waals surface area contributed by atoms with Crippen molar-refractivity contribution < 1.29 is 13.5 Å². The van der Waals surface area contributed by atoms with E-state index in [-0.39, 0.29) is 9.92 Å². The number of sulfone groups is 1. The van der Waals surface area contributed by atoms with Crippen molar-refractivity contribution in [1.29, 1.82) is 0 Å². The molecule has 1 aromatic carbocycles. The van der Waals surface area contributed by atoms with Crippen LogP contribution < -0.4 is 0 Å². The molecule has 1 fully saturated rings. The number of pyridine rings is 1. The fraction of sp³-hybridized carbons (Fsp3) is 0.381. The summed E-state index contributed by atoms with van der Waals surface area (Å²) in [6, 6.07) is 10.4. The number of nitrogens with one attached hydrogen (secondary N) is 1. The molecule has 1 aliphatic rings. The first-order valence-electron chi connectivity index (χ1n) is 9.44. The van der Waals surface area contributed by atoms with Gasteiger partial charge in [0, 0.05) is 17.8 Å². The molecule has 2 heterocycles. The second kappa shape index (κ2) is 7.17. The van der Waals surface area contributed by atoms with Crippen molar-refractivity contribution in [3.63, 3.8) is 0 Å². The van der Waals surface area contributed by atoms with E-state index < -0.39 is 15.4 Å². The van der Waals surface area contributed by atoms with Crippen LogP contribution in [0.1, 0.15) is 43.4 Å². The van der Waals surface area contributed by atoms with E-state index in [2.05, 4.69) is 9.97 Å². The highest BCUT2D eigenvalue weighted by atomic mass is 35.5. The van der Waals surface area contributed by atoms with Crippen LogP contribution in [0.4, 0.5) is 0 Å². The van der Waals surface area contributed by atoms with Crippen LogP contribution in [0.3, 0.4) is 0 Å². The zero-order valence-electron chi connectivity index (χ0n) is 15.7. The van der Waals surface area contributed by atoms with Gasteiger partial charge in [0.05, 0.1) is 15.6 Å². The lowest BCUT2D eigenvalue weighted by molar-refractivity contribution is 0.0494. The highest BCUT2D eigenvalue weighted by Gasteiger charge is 2.37. The zero-order valence-corrected chi connectivity index (χ0v) is 17.2. The van der Waals surface area contributed by atoms with Crippen LogP contribution in [0, 0.1) is 5.92 Å². The molecule has 0 aliphatic heterocycles. The maximum atomic E-state index is 11.9. The topological polar surface area (TPSA) is 83.1 Å². The van der Waals surface area contributed by atoms with Crippen molar-refractivity contribution in [3.8, 4) is 0 Å². The second-order valence-corrected chi connectivity index (χ2v) is 10.1. The molecule has 0 radical (unpaired) electrons. The van der Waals surface area contributed by atoms with Crippen molar-refractivity contribution >= 4 is 32.5 Å². The third-order valence-corrected chi connectivity index (χ3v) is 7.28. The van der Waals surface area contributed by atoms with E-state index in [1.807, 2.05) is 18.2 Å². The molecule has 0 saturated heterocycles. The summed E-state index contributed by atoms with van der Waals surface area (Å²) in [5.74, 6) is 0.401. The third kappa shape index (κ3) is 3.56. The van der Waals surface area contributed by atoms with Crippen LogP contribution in [0.25, 0.3) is 11.0 Å². The molecule has 5 nitrogen and oxygen atoms in total. The molecule has 1 unspecified atom stereocenters. The minimum Gasteiger partial charge on any atom is -0.379 e. The zero-order chi connectivity index (χ0) is 19.9. The average molecular weight is 419 g/mol. The molecule has 28 heavy (non-hydrogen) atoms. The molecule has 0 bridgehead atoms. The number of nitrogens with zero attached hydrogens (tertiary/aromatic N) is 1. The summed E-state index contributed by atoms with van der Waals surface area (Å²) in [6.45, 7) is 0. The molecular weight excluding hydrogens is 396 g/mol. The molecule has 148 valence electrons. The van der Waals surface area contributed by atoms with Gasteiger partial charge in [-0.05, 0) is 48.2 Å². The molecule has 1 aliphatic carbocycles. The van der Waals surface area contributed by atoms with Crippen LogP contribution in [0.5, 0.6) is 0 Å². The van der Waals surface area contributed by atoms with Gasteiger partial charge in [-0.3, -0.25) is 0 Å². The van der Waals surface area contributed by atoms with E-state index in [1.54, 1.807) is 18.3 Å². The van der Waals surface area contributed by atoms with Crippen LogP contribution >= 0.6 is 11.6 Å². The monoisotopic (exact) mass is 418 g/mol. The summed E-state index contributed by atoms with van der Waals surface area (Å²) in [5.41, 5.74) is 0.649. The quantitative estimate of drug-likeness (QED) is 0.641. The van der Waals surface area contributed by atoms with Gasteiger partial charge in [0.2, 0.25) is 0 Å². The maximum Gasteiger partial charge on any atom is 0.176 e. The normalized spacial score (nSPS) is 17.8. The van der Waals surface area contributed by atoms with Gasteiger partial charge in [0.15, 0.2) is 9.84 Å². The third-order valence-electron chi connectivity index (χ3n) is 5.71. The largest absolute Gasteiger partial charge is 0.379 e. The van der Waals surface area contributed by atoms with Crippen LogP contribution in [-0.2, 0) is 15.4 Å². The van der Waals surface area contributed by atoms with Gasteiger partial charge < -0.3 is 10.1 Å². The molecule has 2 aromatic heterocycles. The van der Waals surface area contributed by atoms with E-state index in [4.69, 9.17) is 11.6 Å². The Balaban J connectivity index is 1.84. The average Bonchev–Trinajstić information content (AvgIpc) is 3.29. The summed E-state index contributed by atoms with van der Waals surface area (Å²) >= 11 is 6.29. The predicted molar refractivity (Wildman–Crippen MR) is 110 cm³/mol. The Morgan fingerprint density at radius 1 is 1.25 bits per heavy atom. The molecule has 1 saturated carbocycles. The van der Waals surface area contributed by atoms with Gasteiger partial charge in [-0.15, -0.1) is 0 Å². The summed E-state index contributed by atoms with van der Waals surface area (Å²) < 4.78 is 23.8. The van der Waals surface area contributed by atoms with Crippen molar-refractivity contribution in [3.05, 3.63) is 58.9 Å². The number of aromatic nitrogens is 2. The smallest absolute Gasteiger partial charge is 0.176 e. The number of halogens is 1. The number of benzene rings is 1. The number of aliphatic hydroxyl groups is 1. The Labute approximate surface area is 169 Å². The minimum atomic E-state index is -3.43. The summed E-state index contributed by atoms with van der Waals surface area (Å²) in [5, 5.41) is 12.9. The Morgan fingerprint density at radius 2 is 2.00 bits per heavy atom. The Kier molecular flexibility index (Phi) is 4.98. The first-order valence-corrected chi connectivity index (χ1v) is 11.7. The van der Waals surface area contributed by atoms with Crippen LogP contribution in [-0.4, -0.2) is 29.7 Å². The summed E-state index contributed by atoms with van der Waals surface area (Å²) in [7, 11) is -3.43. The Hall–Kier alpha value is -1.89. The van der Waals surface area contributed by atoms with Crippen molar-refractivity contribution in [2.75, 3.05) is 6.26 Å². The summed E-state index contributed by atoms with van der Waals surface area (Å²) in [4.78, 5) is 7.65. The number of hydrogen-bond acceptors (Lipinski definition) is 4. The molecule has 2 N–H and O–H groups in total. The second-order valence-electron chi connectivity index (χ2n) is 7.76. The molecule has 7 heteroatoms. The van der Waals surface area contributed by atoms with Crippen molar-refractivity contribution in [2.24, 2.45) is 5.92 Å². The lowest BCUT2D eigenvalue weighted by Crippen LogP contribution is -2.30.